The van der Waals surface area contributed by atoms with Crippen molar-refractivity contribution in [1.82, 2.24) is 4.57 Å². The summed E-state index contributed by atoms with van der Waals surface area (Å²) in [4.78, 5) is 0. The molecular weight excluding hydrogens is 256 g/mol. The van der Waals surface area contributed by atoms with Crippen LogP contribution in [0.2, 0.25) is 0 Å². The molecule has 2 nitrogen and oxygen atoms in total. The van der Waals surface area contributed by atoms with Crippen molar-refractivity contribution in [3.63, 3.8) is 0 Å². The Kier molecular flexibility index (Phi) is 3.50. The largest absolute Gasteiger partial charge is 0.343 e. The van der Waals surface area contributed by atoms with E-state index in [1.165, 1.54) is 16.5 Å². The summed E-state index contributed by atoms with van der Waals surface area (Å²) in [6, 6.07) is 18.8. The zero-order valence-electron chi connectivity index (χ0n) is 12.4. The van der Waals surface area contributed by atoms with E-state index in [1.807, 2.05) is 24.3 Å². The quantitative estimate of drug-likeness (QED) is 0.681. The standard InChI is InChI=1S/C19H18N2/c1-14(2)15-7-8-19-16(11-15)9-10-21(19)13-18-6-4-3-5-17(18)12-20/h3-11,14H,13H2,1-2H3. The first-order chi connectivity index (χ1) is 10.2. The lowest BCUT2D eigenvalue weighted by atomic mass is 10.0. The van der Waals surface area contributed by atoms with Crippen LogP contribution in [0.1, 0.15) is 36.5 Å². The number of nitriles is 1. The van der Waals surface area contributed by atoms with E-state index < -0.39 is 0 Å². The van der Waals surface area contributed by atoms with Crippen molar-refractivity contribution >= 4 is 10.9 Å². The van der Waals surface area contributed by atoms with Crippen molar-refractivity contribution in [2.75, 3.05) is 0 Å². The molecule has 0 N–H and O–H groups in total. The molecule has 0 aliphatic rings. The number of aromatic nitrogens is 1. The lowest BCUT2D eigenvalue weighted by molar-refractivity contribution is 0.832. The highest BCUT2D eigenvalue weighted by Crippen LogP contribution is 2.23. The highest BCUT2D eigenvalue weighted by Gasteiger charge is 2.07. The smallest absolute Gasteiger partial charge is 0.0995 e. The third kappa shape index (κ3) is 2.55. The summed E-state index contributed by atoms with van der Waals surface area (Å²) in [7, 11) is 0. The van der Waals surface area contributed by atoms with Gasteiger partial charge in [-0.1, -0.05) is 38.1 Å². The van der Waals surface area contributed by atoms with E-state index in [0.29, 0.717) is 5.92 Å². The Bertz CT molecular complexity index is 819. The second-order valence-electron chi connectivity index (χ2n) is 5.69. The van der Waals surface area contributed by atoms with Crippen LogP contribution in [-0.2, 0) is 6.54 Å². The molecule has 0 atom stereocenters. The van der Waals surface area contributed by atoms with Gasteiger partial charge in [-0.2, -0.15) is 5.26 Å². The zero-order chi connectivity index (χ0) is 14.8. The maximum absolute atomic E-state index is 9.20. The van der Waals surface area contributed by atoms with E-state index in [0.717, 1.165) is 17.7 Å². The van der Waals surface area contributed by atoms with Crippen molar-refractivity contribution in [3.05, 3.63) is 71.4 Å². The molecule has 0 unspecified atom stereocenters. The summed E-state index contributed by atoms with van der Waals surface area (Å²) in [6.07, 6.45) is 2.10. The molecule has 0 saturated heterocycles. The van der Waals surface area contributed by atoms with Gasteiger partial charge in [0.05, 0.1) is 11.6 Å². The van der Waals surface area contributed by atoms with Gasteiger partial charge in [-0.15, -0.1) is 0 Å². The maximum Gasteiger partial charge on any atom is 0.0995 e. The lowest BCUT2D eigenvalue weighted by Crippen LogP contribution is -2.00. The molecule has 0 saturated carbocycles. The third-order valence-electron chi connectivity index (χ3n) is 3.94. The fraction of sp³-hybridized carbons (Fsp3) is 0.211. The molecule has 0 amide bonds. The van der Waals surface area contributed by atoms with Gasteiger partial charge in [0.25, 0.3) is 0 Å². The summed E-state index contributed by atoms with van der Waals surface area (Å²) >= 11 is 0. The monoisotopic (exact) mass is 274 g/mol. The second-order valence-corrected chi connectivity index (χ2v) is 5.69. The number of nitrogens with zero attached hydrogens (tertiary/aromatic N) is 2. The summed E-state index contributed by atoms with van der Waals surface area (Å²) in [6.45, 7) is 5.15. The van der Waals surface area contributed by atoms with Crippen LogP contribution in [0, 0.1) is 11.3 Å². The van der Waals surface area contributed by atoms with Crippen LogP contribution in [0.5, 0.6) is 0 Å². The van der Waals surface area contributed by atoms with Gasteiger partial charge in [0.2, 0.25) is 0 Å². The number of rotatable bonds is 3. The minimum absolute atomic E-state index is 0.539. The molecule has 3 aromatic rings. The van der Waals surface area contributed by atoms with Gasteiger partial charge in [0.15, 0.2) is 0 Å². The van der Waals surface area contributed by atoms with E-state index in [1.54, 1.807) is 0 Å². The van der Waals surface area contributed by atoms with Crippen LogP contribution in [-0.4, -0.2) is 4.57 Å². The van der Waals surface area contributed by atoms with Crippen LogP contribution in [0.3, 0.4) is 0 Å². The Balaban J connectivity index is 2.00. The van der Waals surface area contributed by atoms with E-state index in [2.05, 4.69) is 54.9 Å². The normalized spacial score (nSPS) is 11.0. The Labute approximate surface area is 125 Å². The molecule has 104 valence electrons. The Morgan fingerprint density at radius 2 is 1.90 bits per heavy atom. The summed E-state index contributed by atoms with van der Waals surface area (Å²) in [5.41, 5.74) is 4.38. The SMILES string of the molecule is CC(C)c1ccc2c(ccn2Cc2ccccc2C#N)c1. The van der Waals surface area contributed by atoms with Gasteiger partial charge in [-0.25, -0.2) is 0 Å². The Hall–Kier alpha value is -2.53. The van der Waals surface area contributed by atoms with Crippen molar-refractivity contribution < 1.29 is 0 Å². The van der Waals surface area contributed by atoms with E-state index >= 15 is 0 Å². The molecule has 2 aromatic carbocycles. The molecule has 0 radical (unpaired) electrons. The average molecular weight is 274 g/mol. The predicted octanol–water partition coefficient (Wildman–Crippen LogP) is 4.68. The van der Waals surface area contributed by atoms with Crippen molar-refractivity contribution in [3.8, 4) is 6.07 Å². The molecule has 0 aliphatic heterocycles. The topological polar surface area (TPSA) is 28.7 Å². The van der Waals surface area contributed by atoms with Gasteiger partial charge < -0.3 is 4.57 Å². The number of benzene rings is 2. The fourth-order valence-corrected chi connectivity index (χ4v) is 2.67. The minimum Gasteiger partial charge on any atom is -0.343 e. The molecule has 1 heterocycles. The Morgan fingerprint density at radius 1 is 1.10 bits per heavy atom. The third-order valence-corrected chi connectivity index (χ3v) is 3.94. The highest BCUT2D eigenvalue weighted by atomic mass is 14.9. The van der Waals surface area contributed by atoms with Crippen LogP contribution < -0.4 is 0 Å². The van der Waals surface area contributed by atoms with E-state index in [9.17, 15) is 5.26 Å². The molecule has 21 heavy (non-hydrogen) atoms. The molecular formula is C19H18N2. The van der Waals surface area contributed by atoms with Crippen molar-refractivity contribution in [1.29, 1.82) is 5.26 Å². The summed E-state index contributed by atoms with van der Waals surface area (Å²) in [5, 5.41) is 10.5. The molecule has 0 aliphatic carbocycles. The first kappa shape index (κ1) is 13.5. The van der Waals surface area contributed by atoms with E-state index in [-0.39, 0.29) is 0 Å². The molecule has 2 heteroatoms. The van der Waals surface area contributed by atoms with E-state index in [4.69, 9.17) is 0 Å². The van der Waals surface area contributed by atoms with Crippen molar-refractivity contribution in [2.24, 2.45) is 0 Å². The van der Waals surface area contributed by atoms with Gasteiger partial charge in [-0.05, 0) is 46.7 Å². The second kappa shape index (κ2) is 5.46. The molecule has 3 rings (SSSR count). The van der Waals surface area contributed by atoms with Gasteiger partial charge in [0, 0.05) is 18.3 Å². The average Bonchev–Trinajstić information content (AvgIpc) is 2.90. The fourth-order valence-electron chi connectivity index (χ4n) is 2.67. The minimum atomic E-state index is 0.539. The molecule has 1 aromatic heterocycles. The number of fused-ring (bicyclic) bond motifs is 1. The first-order valence-electron chi connectivity index (χ1n) is 7.26. The van der Waals surface area contributed by atoms with Crippen molar-refractivity contribution in [2.45, 2.75) is 26.3 Å². The maximum atomic E-state index is 9.20. The molecule has 0 spiro atoms. The molecule has 0 bridgehead atoms. The molecule has 0 fully saturated rings. The van der Waals surface area contributed by atoms with Crippen LogP contribution in [0.15, 0.2) is 54.7 Å². The number of hydrogen-bond acceptors (Lipinski definition) is 1. The van der Waals surface area contributed by atoms with Gasteiger partial charge >= 0.3 is 0 Å². The van der Waals surface area contributed by atoms with Gasteiger partial charge in [-0.3, -0.25) is 0 Å². The summed E-state index contributed by atoms with van der Waals surface area (Å²) < 4.78 is 2.20. The van der Waals surface area contributed by atoms with Crippen LogP contribution >= 0.6 is 0 Å². The first-order valence-corrected chi connectivity index (χ1v) is 7.26. The van der Waals surface area contributed by atoms with Crippen LogP contribution in [0.4, 0.5) is 0 Å². The number of hydrogen-bond donors (Lipinski definition) is 0. The van der Waals surface area contributed by atoms with Crippen LogP contribution in [0.25, 0.3) is 10.9 Å². The Morgan fingerprint density at radius 3 is 2.67 bits per heavy atom. The zero-order valence-corrected chi connectivity index (χ0v) is 12.4. The highest BCUT2D eigenvalue weighted by molar-refractivity contribution is 5.81. The predicted molar refractivity (Wildman–Crippen MR) is 86.3 cm³/mol. The summed E-state index contributed by atoms with van der Waals surface area (Å²) in [5.74, 6) is 0.539. The van der Waals surface area contributed by atoms with Gasteiger partial charge in [0.1, 0.15) is 0 Å². The lowest BCUT2D eigenvalue weighted by Gasteiger charge is -2.09.